The van der Waals surface area contributed by atoms with Crippen LogP contribution in [0.1, 0.15) is 24.0 Å². The smallest absolute Gasteiger partial charge is 0.160 e. The summed E-state index contributed by atoms with van der Waals surface area (Å²) in [6.07, 6.45) is 2.84. The Hall–Kier alpha value is -2.89. The van der Waals surface area contributed by atoms with Crippen molar-refractivity contribution in [2.75, 3.05) is 28.4 Å². The van der Waals surface area contributed by atoms with Crippen LogP contribution in [0.25, 0.3) is 0 Å². The minimum Gasteiger partial charge on any atom is -0.493 e. The van der Waals surface area contributed by atoms with Gasteiger partial charge in [0, 0.05) is 0 Å². The molecule has 0 heterocycles. The van der Waals surface area contributed by atoms with E-state index in [1.165, 1.54) is 0 Å². The standard InChI is InChI=1S/C21H27NO5/c1-24-18-11-7-15(13-20(18)26-3)5-9-17(22-23)10-6-16-8-12-19(25-2)21(14-16)27-4/h7-8,11-14,23H,5-6,9-10H2,1-4H3. The molecule has 27 heavy (non-hydrogen) atoms. The average molecular weight is 373 g/mol. The van der Waals surface area contributed by atoms with Gasteiger partial charge in [-0.15, -0.1) is 0 Å². The van der Waals surface area contributed by atoms with Gasteiger partial charge in [-0.2, -0.15) is 0 Å². The highest BCUT2D eigenvalue weighted by molar-refractivity contribution is 5.84. The van der Waals surface area contributed by atoms with Crippen LogP contribution in [0.3, 0.4) is 0 Å². The summed E-state index contributed by atoms with van der Waals surface area (Å²) >= 11 is 0. The zero-order valence-corrected chi connectivity index (χ0v) is 16.3. The highest BCUT2D eigenvalue weighted by Crippen LogP contribution is 2.29. The molecule has 0 bridgehead atoms. The topological polar surface area (TPSA) is 69.5 Å². The zero-order chi connectivity index (χ0) is 19.6. The van der Waals surface area contributed by atoms with Crippen molar-refractivity contribution < 1.29 is 24.2 Å². The Kier molecular flexibility index (Phi) is 7.79. The molecule has 2 aromatic carbocycles. The molecule has 0 unspecified atom stereocenters. The van der Waals surface area contributed by atoms with E-state index in [0.29, 0.717) is 35.8 Å². The van der Waals surface area contributed by atoms with E-state index in [2.05, 4.69) is 5.16 Å². The van der Waals surface area contributed by atoms with Crippen molar-refractivity contribution in [3.63, 3.8) is 0 Å². The maximum atomic E-state index is 9.35. The summed E-state index contributed by atoms with van der Waals surface area (Å²) < 4.78 is 21.2. The lowest BCUT2D eigenvalue weighted by Gasteiger charge is -2.11. The zero-order valence-electron chi connectivity index (χ0n) is 16.3. The molecule has 2 rings (SSSR count). The van der Waals surface area contributed by atoms with Crippen LogP contribution in [0.2, 0.25) is 0 Å². The predicted octanol–water partition coefficient (Wildman–Crippen LogP) is 4.12. The SMILES string of the molecule is COc1ccc(CCC(CCc2ccc(OC)c(OC)c2)=NO)cc1OC. The molecule has 0 radical (unpaired) electrons. The monoisotopic (exact) mass is 373 g/mol. The van der Waals surface area contributed by atoms with Crippen molar-refractivity contribution in [3.05, 3.63) is 47.5 Å². The number of rotatable bonds is 10. The highest BCUT2D eigenvalue weighted by atomic mass is 16.5. The minimum atomic E-state index is 0.666. The summed E-state index contributed by atoms with van der Waals surface area (Å²) in [6.45, 7) is 0. The van der Waals surface area contributed by atoms with Gasteiger partial charge < -0.3 is 24.2 Å². The van der Waals surface area contributed by atoms with E-state index in [1.54, 1.807) is 28.4 Å². The fourth-order valence-corrected chi connectivity index (χ4v) is 2.87. The van der Waals surface area contributed by atoms with E-state index >= 15 is 0 Å². The Labute approximate surface area is 160 Å². The fourth-order valence-electron chi connectivity index (χ4n) is 2.87. The van der Waals surface area contributed by atoms with Gasteiger partial charge in [-0.25, -0.2) is 0 Å². The molecule has 0 aromatic heterocycles. The van der Waals surface area contributed by atoms with E-state index in [1.807, 2.05) is 36.4 Å². The molecule has 2 aromatic rings. The molecule has 0 aliphatic heterocycles. The molecule has 0 aliphatic carbocycles. The summed E-state index contributed by atoms with van der Waals surface area (Å²) in [6, 6.07) is 11.6. The van der Waals surface area contributed by atoms with Crippen molar-refractivity contribution in [1.82, 2.24) is 0 Å². The van der Waals surface area contributed by atoms with Gasteiger partial charge >= 0.3 is 0 Å². The van der Waals surface area contributed by atoms with Gasteiger partial charge in [-0.3, -0.25) is 0 Å². The van der Waals surface area contributed by atoms with Crippen LogP contribution in [-0.2, 0) is 12.8 Å². The maximum absolute atomic E-state index is 9.35. The van der Waals surface area contributed by atoms with Gasteiger partial charge in [0.05, 0.1) is 34.2 Å². The first kappa shape index (κ1) is 20.4. The molecule has 0 saturated heterocycles. The van der Waals surface area contributed by atoms with Crippen LogP contribution in [0, 0.1) is 0 Å². The van der Waals surface area contributed by atoms with E-state index in [0.717, 1.165) is 29.7 Å². The summed E-state index contributed by atoms with van der Waals surface area (Å²) in [5.41, 5.74) is 2.94. The van der Waals surface area contributed by atoms with Crippen molar-refractivity contribution in [1.29, 1.82) is 0 Å². The first-order chi connectivity index (χ1) is 13.1. The molecule has 0 saturated carbocycles. The second-order valence-corrected chi connectivity index (χ2v) is 6.04. The first-order valence-electron chi connectivity index (χ1n) is 8.76. The second kappa shape index (κ2) is 10.3. The Balaban J connectivity index is 1.95. The van der Waals surface area contributed by atoms with Crippen molar-refractivity contribution in [2.45, 2.75) is 25.7 Å². The summed E-state index contributed by atoms with van der Waals surface area (Å²) in [5.74, 6) is 2.79. The number of benzene rings is 2. The highest BCUT2D eigenvalue weighted by Gasteiger charge is 2.09. The quantitative estimate of drug-likeness (QED) is 0.385. The number of oxime groups is 1. The molecule has 1 N–H and O–H groups in total. The number of ether oxygens (including phenoxy) is 4. The molecule has 0 atom stereocenters. The lowest BCUT2D eigenvalue weighted by molar-refractivity contribution is 0.316. The molecule has 0 amide bonds. The van der Waals surface area contributed by atoms with E-state index in [-0.39, 0.29) is 0 Å². The lowest BCUT2D eigenvalue weighted by Crippen LogP contribution is -2.04. The van der Waals surface area contributed by atoms with Gasteiger partial charge in [0.15, 0.2) is 23.0 Å². The second-order valence-electron chi connectivity index (χ2n) is 6.04. The molecule has 6 heteroatoms. The van der Waals surface area contributed by atoms with Crippen LogP contribution in [0.5, 0.6) is 23.0 Å². The van der Waals surface area contributed by atoms with Gasteiger partial charge in [0.1, 0.15) is 0 Å². The molecule has 0 fully saturated rings. The molecule has 146 valence electrons. The van der Waals surface area contributed by atoms with Crippen molar-refractivity contribution >= 4 is 5.71 Å². The predicted molar refractivity (Wildman–Crippen MR) is 105 cm³/mol. The largest absolute Gasteiger partial charge is 0.493 e. The number of hydrogen-bond acceptors (Lipinski definition) is 6. The Morgan fingerprint density at radius 1 is 0.704 bits per heavy atom. The van der Waals surface area contributed by atoms with Crippen molar-refractivity contribution in [2.24, 2.45) is 5.16 Å². The minimum absolute atomic E-state index is 0.666. The van der Waals surface area contributed by atoms with Gasteiger partial charge in [0.2, 0.25) is 0 Å². The van der Waals surface area contributed by atoms with E-state index in [4.69, 9.17) is 18.9 Å². The summed E-state index contributed by atoms with van der Waals surface area (Å²) in [5, 5.41) is 12.8. The van der Waals surface area contributed by atoms with Gasteiger partial charge in [-0.1, -0.05) is 17.3 Å². The number of aryl methyl sites for hydroxylation is 2. The van der Waals surface area contributed by atoms with Crippen molar-refractivity contribution in [3.8, 4) is 23.0 Å². The number of methoxy groups -OCH3 is 4. The lowest BCUT2D eigenvalue weighted by atomic mass is 10.0. The van der Waals surface area contributed by atoms with Crippen LogP contribution < -0.4 is 18.9 Å². The normalized spacial score (nSPS) is 10.2. The molecular formula is C21H27NO5. The Bertz CT molecular complexity index is 712. The Morgan fingerprint density at radius 3 is 1.44 bits per heavy atom. The van der Waals surface area contributed by atoms with Gasteiger partial charge in [-0.05, 0) is 61.1 Å². The molecular weight excluding hydrogens is 346 g/mol. The Morgan fingerprint density at radius 2 is 1.11 bits per heavy atom. The molecule has 6 nitrogen and oxygen atoms in total. The maximum Gasteiger partial charge on any atom is 0.160 e. The third-order valence-corrected chi connectivity index (χ3v) is 4.44. The number of hydrogen-bond donors (Lipinski definition) is 1. The fraction of sp³-hybridized carbons (Fsp3) is 0.381. The van der Waals surface area contributed by atoms with Crippen LogP contribution in [0.4, 0.5) is 0 Å². The first-order valence-corrected chi connectivity index (χ1v) is 8.76. The van der Waals surface area contributed by atoms with Crippen LogP contribution >= 0.6 is 0 Å². The third-order valence-electron chi connectivity index (χ3n) is 4.44. The molecule has 0 spiro atoms. The van der Waals surface area contributed by atoms with E-state index < -0.39 is 0 Å². The summed E-state index contributed by atoms with van der Waals surface area (Å²) in [4.78, 5) is 0. The van der Waals surface area contributed by atoms with Crippen LogP contribution in [-0.4, -0.2) is 39.4 Å². The number of nitrogens with zero attached hydrogens (tertiary/aromatic N) is 1. The van der Waals surface area contributed by atoms with E-state index in [9.17, 15) is 5.21 Å². The molecule has 0 aliphatic rings. The average Bonchev–Trinajstić information content (AvgIpc) is 2.73. The van der Waals surface area contributed by atoms with Gasteiger partial charge in [0.25, 0.3) is 0 Å². The van der Waals surface area contributed by atoms with Crippen LogP contribution in [0.15, 0.2) is 41.6 Å². The third kappa shape index (κ3) is 5.54. The summed E-state index contributed by atoms with van der Waals surface area (Å²) in [7, 11) is 6.46.